The molecule has 13 heavy (non-hydrogen) atoms. The molecule has 0 aromatic heterocycles. The van der Waals surface area contributed by atoms with Gasteiger partial charge in [-0.3, -0.25) is 0 Å². The molecule has 1 heterocycles. The van der Waals surface area contributed by atoms with Gasteiger partial charge in [0.1, 0.15) is 0 Å². The van der Waals surface area contributed by atoms with Gasteiger partial charge < -0.3 is 4.43 Å². The predicted octanol–water partition coefficient (Wildman–Crippen LogP) is 3.52. The van der Waals surface area contributed by atoms with E-state index in [1.165, 1.54) is 44.6 Å². The monoisotopic (exact) mass is 197 g/mol. The van der Waals surface area contributed by atoms with E-state index in [-0.39, 0.29) is 0 Å². The lowest BCUT2D eigenvalue weighted by molar-refractivity contribution is 0.0701. The van der Waals surface area contributed by atoms with Gasteiger partial charge in [0.2, 0.25) is 0 Å². The normalized spacial score (nSPS) is 31.8. The highest BCUT2D eigenvalue weighted by Crippen LogP contribution is 2.42. The topological polar surface area (TPSA) is 9.23 Å². The van der Waals surface area contributed by atoms with Crippen LogP contribution in [0.4, 0.5) is 0 Å². The van der Waals surface area contributed by atoms with Crippen LogP contribution in [0.3, 0.4) is 0 Å². The first-order valence-electron chi connectivity index (χ1n) is 5.64. The Balaban J connectivity index is 2.09. The molecular weight excluding hydrogens is 176 g/mol. The summed E-state index contributed by atoms with van der Waals surface area (Å²) >= 11 is 0. The van der Waals surface area contributed by atoms with Crippen LogP contribution in [0.1, 0.15) is 38.5 Å². The van der Waals surface area contributed by atoms with Crippen LogP contribution in [-0.4, -0.2) is 13.9 Å². The highest BCUT2D eigenvalue weighted by molar-refractivity contribution is 6.71. The fourth-order valence-corrected chi connectivity index (χ4v) is 5.28. The molecule has 1 saturated heterocycles. The van der Waals surface area contributed by atoms with Crippen molar-refractivity contribution >= 4 is 8.32 Å². The summed E-state index contributed by atoms with van der Waals surface area (Å²) in [4.78, 5) is 0. The first-order chi connectivity index (χ1) is 6.12. The molecule has 1 nitrogen and oxygen atoms in total. The van der Waals surface area contributed by atoms with E-state index < -0.39 is 8.32 Å². The van der Waals surface area contributed by atoms with Gasteiger partial charge in [-0.05, 0) is 44.8 Å². The molecule has 0 amide bonds. The van der Waals surface area contributed by atoms with Crippen molar-refractivity contribution in [3.05, 3.63) is 6.42 Å². The zero-order valence-corrected chi connectivity index (χ0v) is 9.94. The second-order valence-corrected chi connectivity index (χ2v) is 9.51. The number of rotatable bonds is 0. The molecule has 0 atom stereocenters. The smallest absolute Gasteiger partial charge is 0.187 e. The highest BCUT2D eigenvalue weighted by atomic mass is 28.4. The molecule has 0 unspecified atom stereocenters. The maximum atomic E-state index is 6.45. The lowest BCUT2D eigenvalue weighted by Crippen LogP contribution is -2.40. The third kappa shape index (κ3) is 2.16. The van der Waals surface area contributed by atoms with Crippen molar-refractivity contribution in [2.45, 2.75) is 63.3 Å². The summed E-state index contributed by atoms with van der Waals surface area (Å²) < 4.78 is 6.45. The largest absolute Gasteiger partial charge is 0.412 e. The number of hydrogen-bond acceptors (Lipinski definition) is 1. The lowest BCUT2D eigenvalue weighted by Gasteiger charge is -2.35. The minimum atomic E-state index is -1.31. The molecule has 0 bridgehead atoms. The quantitative estimate of drug-likeness (QED) is 0.540. The van der Waals surface area contributed by atoms with Gasteiger partial charge in [0.05, 0.1) is 5.60 Å². The fraction of sp³-hybridized carbons (Fsp3) is 0.909. The Kier molecular flexibility index (Phi) is 2.54. The second-order valence-electron chi connectivity index (χ2n) is 5.28. The standard InChI is InChI=1S/C11H21OSi/c1-13(2)10-6-5-9-11(12-13)7-3-4-8-11/h5H,3-4,6-10H2,1-2H3. The van der Waals surface area contributed by atoms with E-state index in [2.05, 4.69) is 19.5 Å². The maximum Gasteiger partial charge on any atom is 0.187 e. The zero-order valence-electron chi connectivity index (χ0n) is 8.94. The maximum absolute atomic E-state index is 6.45. The van der Waals surface area contributed by atoms with Crippen molar-refractivity contribution in [2.24, 2.45) is 0 Å². The Morgan fingerprint density at radius 1 is 1.23 bits per heavy atom. The molecule has 1 aliphatic carbocycles. The van der Waals surface area contributed by atoms with Gasteiger partial charge in [-0.2, -0.15) is 0 Å². The minimum Gasteiger partial charge on any atom is -0.412 e. The summed E-state index contributed by atoms with van der Waals surface area (Å²) in [6, 6.07) is 1.33. The van der Waals surface area contributed by atoms with Gasteiger partial charge in [0.15, 0.2) is 8.32 Å². The summed E-state index contributed by atoms with van der Waals surface area (Å²) in [6.07, 6.45) is 10.4. The van der Waals surface area contributed by atoms with Crippen LogP contribution in [-0.2, 0) is 4.43 Å². The fourth-order valence-electron chi connectivity index (χ4n) is 2.82. The van der Waals surface area contributed by atoms with Crippen LogP contribution >= 0.6 is 0 Å². The molecule has 1 saturated carbocycles. The zero-order chi connectivity index (χ0) is 9.36. The Labute approximate surface area is 83.0 Å². The number of hydrogen-bond donors (Lipinski definition) is 0. The van der Waals surface area contributed by atoms with Gasteiger partial charge in [0.25, 0.3) is 0 Å². The molecule has 1 aliphatic heterocycles. The first kappa shape index (κ1) is 9.72. The Bertz CT molecular complexity index is 183. The van der Waals surface area contributed by atoms with Crippen LogP contribution < -0.4 is 0 Å². The molecule has 2 heteroatoms. The van der Waals surface area contributed by atoms with Crippen LogP contribution in [0.15, 0.2) is 0 Å². The SMILES string of the molecule is C[Si]1(C)CC[CH]CC2(CCCC2)O1. The average Bonchev–Trinajstić information content (AvgIpc) is 2.40. The summed E-state index contributed by atoms with van der Waals surface area (Å²) in [7, 11) is -1.31. The summed E-state index contributed by atoms with van der Waals surface area (Å²) in [6.45, 7) is 4.76. The molecule has 1 radical (unpaired) electrons. The summed E-state index contributed by atoms with van der Waals surface area (Å²) in [5.74, 6) is 0. The molecular formula is C11H21OSi. The van der Waals surface area contributed by atoms with E-state index in [0.29, 0.717) is 5.60 Å². The summed E-state index contributed by atoms with van der Waals surface area (Å²) in [5, 5.41) is 0. The summed E-state index contributed by atoms with van der Waals surface area (Å²) in [5.41, 5.74) is 0.298. The predicted molar refractivity (Wildman–Crippen MR) is 58.1 cm³/mol. The molecule has 0 N–H and O–H groups in total. The molecule has 2 rings (SSSR count). The average molecular weight is 197 g/mol. The van der Waals surface area contributed by atoms with E-state index in [4.69, 9.17) is 4.43 Å². The first-order valence-corrected chi connectivity index (χ1v) is 8.75. The van der Waals surface area contributed by atoms with Crippen molar-refractivity contribution in [1.82, 2.24) is 0 Å². The van der Waals surface area contributed by atoms with Crippen LogP contribution in [0.5, 0.6) is 0 Å². The lowest BCUT2D eigenvalue weighted by atomic mass is 9.95. The van der Waals surface area contributed by atoms with Crippen LogP contribution in [0.2, 0.25) is 19.1 Å². The Morgan fingerprint density at radius 3 is 2.62 bits per heavy atom. The van der Waals surface area contributed by atoms with Gasteiger partial charge >= 0.3 is 0 Å². The highest BCUT2D eigenvalue weighted by Gasteiger charge is 2.41. The van der Waals surface area contributed by atoms with Crippen molar-refractivity contribution in [1.29, 1.82) is 0 Å². The molecule has 1 spiro atoms. The molecule has 2 fully saturated rings. The third-order valence-corrected chi connectivity index (χ3v) is 5.95. The van der Waals surface area contributed by atoms with Gasteiger partial charge in [-0.25, -0.2) is 0 Å². The molecule has 75 valence electrons. The van der Waals surface area contributed by atoms with Crippen LogP contribution in [0, 0.1) is 6.42 Å². The van der Waals surface area contributed by atoms with Gasteiger partial charge in [-0.15, -0.1) is 0 Å². The van der Waals surface area contributed by atoms with E-state index in [1.807, 2.05) is 0 Å². The van der Waals surface area contributed by atoms with E-state index >= 15 is 0 Å². The van der Waals surface area contributed by atoms with Crippen molar-refractivity contribution in [3.8, 4) is 0 Å². The minimum absolute atomic E-state index is 0.298. The van der Waals surface area contributed by atoms with E-state index in [9.17, 15) is 0 Å². The van der Waals surface area contributed by atoms with Crippen molar-refractivity contribution in [3.63, 3.8) is 0 Å². The molecule has 0 aromatic carbocycles. The molecule has 2 aliphatic rings. The Morgan fingerprint density at radius 2 is 1.92 bits per heavy atom. The van der Waals surface area contributed by atoms with Gasteiger partial charge in [-0.1, -0.05) is 19.3 Å². The van der Waals surface area contributed by atoms with Gasteiger partial charge in [0, 0.05) is 0 Å². The van der Waals surface area contributed by atoms with E-state index in [1.54, 1.807) is 0 Å². The third-order valence-electron chi connectivity index (χ3n) is 3.47. The Hall–Kier alpha value is 0.177. The second kappa shape index (κ2) is 3.39. The van der Waals surface area contributed by atoms with Crippen molar-refractivity contribution < 1.29 is 4.43 Å². The van der Waals surface area contributed by atoms with Crippen LogP contribution in [0.25, 0.3) is 0 Å². The molecule has 0 aromatic rings. The van der Waals surface area contributed by atoms with Crippen molar-refractivity contribution in [2.75, 3.05) is 0 Å². The van der Waals surface area contributed by atoms with E-state index in [0.717, 1.165) is 0 Å².